The van der Waals surface area contributed by atoms with E-state index in [1.54, 1.807) is 0 Å². The molecule has 0 bridgehead atoms. The maximum atomic E-state index is 5.92. The highest BCUT2D eigenvalue weighted by molar-refractivity contribution is 6.31. The Morgan fingerprint density at radius 3 is 2.50 bits per heavy atom. The lowest BCUT2D eigenvalue weighted by Crippen LogP contribution is -2.00. The maximum Gasteiger partial charge on any atom is 0.0437 e. The molecule has 0 aliphatic rings. The summed E-state index contributed by atoms with van der Waals surface area (Å²) >= 11 is 5.92. The lowest BCUT2D eigenvalue weighted by molar-refractivity contribution is 0.833. The molecule has 0 radical (unpaired) electrons. The highest BCUT2D eigenvalue weighted by atomic mass is 35.5. The minimum Gasteiger partial charge on any atom is -0.330 e. The fraction of sp³-hybridized carbons (Fsp3) is 0.333. The van der Waals surface area contributed by atoms with Gasteiger partial charge in [0.2, 0.25) is 0 Å². The summed E-state index contributed by atoms with van der Waals surface area (Å²) < 4.78 is 0. The standard InChI is InChI=1S/C9H12ClN.ClH/c10-9-6-2-1-4-8(9)5-3-7-11;/h1-2,4,6H,3,5,7,11H2;1H. The summed E-state index contributed by atoms with van der Waals surface area (Å²) in [5, 5.41) is 0.848. The van der Waals surface area contributed by atoms with Crippen molar-refractivity contribution in [1.29, 1.82) is 0 Å². The van der Waals surface area contributed by atoms with Crippen molar-refractivity contribution in [2.75, 3.05) is 6.54 Å². The number of nitrogens with two attached hydrogens (primary N) is 1. The van der Waals surface area contributed by atoms with Crippen LogP contribution in [0, 0.1) is 0 Å². The molecular formula is C9H13Cl2N. The van der Waals surface area contributed by atoms with Crippen LogP contribution in [0.15, 0.2) is 24.3 Å². The Labute approximate surface area is 84.3 Å². The molecule has 3 heteroatoms. The van der Waals surface area contributed by atoms with E-state index in [4.69, 9.17) is 17.3 Å². The van der Waals surface area contributed by atoms with E-state index >= 15 is 0 Å². The molecule has 0 heterocycles. The first-order valence-electron chi connectivity index (χ1n) is 3.78. The largest absolute Gasteiger partial charge is 0.330 e. The lowest BCUT2D eigenvalue weighted by atomic mass is 10.1. The van der Waals surface area contributed by atoms with Crippen molar-refractivity contribution in [2.45, 2.75) is 12.8 Å². The Balaban J connectivity index is 0.00000121. The zero-order valence-electron chi connectivity index (χ0n) is 6.79. The molecule has 0 saturated heterocycles. The first-order chi connectivity index (χ1) is 5.34. The third-order valence-electron chi connectivity index (χ3n) is 1.61. The minimum atomic E-state index is 0. The van der Waals surface area contributed by atoms with Gasteiger partial charge in [-0.2, -0.15) is 0 Å². The molecule has 1 aromatic carbocycles. The normalized spacial score (nSPS) is 9.17. The second-order valence-corrected chi connectivity index (χ2v) is 2.89. The molecule has 2 N–H and O–H groups in total. The fourth-order valence-electron chi connectivity index (χ4n) is 0.994. The third-order valence-corrected chi connectivity index (χ3v) is 1.98. The summed E-state index contributed by atoms with van der Waals surface area (Å²) in [6.07, 6.45) is 1.99. The maximum absolute atomic E-state index is 5.92. The molecule has 68 valence electrons. The molecule has 0 amide bonds. The zero-order valence-corrected chi connectivity index (χ0v) is 8.37. The lowest BCUT2D eigenvalue weighted by Gasteiger charge is -2.00. The average Bonchev–Trinajstić information content (AvgIpc) is 2.03. The number of benzene rings is 1. The summed E-state index contributed by atoms with van der Waals surface area (Å²) in [4.78, 5) is 0. The minimum absolute atomic E-state index is 0. The summed E-state index contributed by atoms with van der Waals surface area (Å²) in [5.41, 5.74) is 6.58. The van der Waals surface area contributed by atoms with Gasteiger partial charge in [-0.25, -0.2) is 0 Å². The summed E-state index contributed by atoms with van der Waals surface area (Å²) in [6, 6.07) is 7.89. The molecular weight excluding hydrogens is 193 g/mol. The van der Waals surface area contributed by atoms with Crippen LogP contribution in [0.4, 0.5) is 0 Å². The Morgan fingerprint density at radius 2 is 1.92 bits per heavy atom. The molecule has 12 heavy (non-hydrogen) atoms. The number of hydrogen-bond acceptors (Lipinski definition) is 1. The molecule has 0 fully saturated rings. The molecule has 0 aliphatic heterocycles. The summed E-state index contributed by atoms with van der Waals surface area (Å²) in [7, 11) is 0. The Hall–Kier alpha value is -0.240. The molecule has 0 atom stereocenters. The van der Waals surface area contributed by atoms with E-state index in [1.807, 2.05) is 24.3 Å². The van der Waals surface area contributed by atoms with Gasteiger partial charge in [0.15, 0.2) is 0 Å². The number of aryl methyl sites for hydroxylation is 1. The van der Waals surface area contributed by atoms with Gasteiger partial charge in [0, 0.05) is 5.02 Å². The van der Waals surface area contributed by atoms with Crippen LogP contribution in [0.1, 0.15) is 12.0 Å². The van der Waals surface area contributed by atoms with Gasteiger partial charge in [0.05, 0.1) is 0 Å². The third kappa shape index (κ3) is 3.44. The smallest absolute Gasteiger partial charge is 0.0437 e. The topological polar surface area (TPSA) is 26.0 Å². The van der Waals surface area contributed by atoms with Gasteiger partial charge in [0.1, 0.15) is 0 Å². The van der Waals surface area contributed by atoms with Crippen molar-refractivity contribution in [3.63, 3.8) is 0 Å². The number of hydrogen-bond donors (Lipinski definition) is 1. The monoisotopic (exact) mass is 205 g/mol. The molecule has 0 aliphatic carbocycles. The van der Waals surface area contributed by atoms with E-state index < -0.39 is 0 Å². The molecule has 1 nitrogen and oxygen atoms in total. The van der Waals surface area contributed by atoms with Gasteiger partial charge < -0.3 is 5.73 Å². The predicted molar refractivity (Wildman–Crippen MR) is 56.1 cm³/mol. The van der Waals surface area contributed by atoms with Crippen molar-refractivity contribution in [2.24, 2.45) is 5.73 Å². The first-order valence-corrected chi connectivity index (χ1v) is 4.16. The van der Waals surface area contributed by atoms with Crippen LogP contribution in [-0.4, -0.2) is 6.54 Å². The summed E-state index contributed by atoms with van der Waals surface area (Å²) in [6.45, 7) is 0.727. The SMILES string of the molecule is Cl.NCCCc1ccccc1Cl. The molecule has 1 aromatic rings. The summed E-state index contributed by atoms with van der Waals surface area (Å²) in [5.74, 6) is 0. The van der Waals surface area contributed by atoms with Crippen LogP contribution < -0.4 is 5.73 Å². The van der Waals surface area contributed by atoms with Crippen LogP contribution >= 0.6 is 24.0 Å². The van der Waals surface area contributed by atoms with Crippen molar-refractivity contribution in [1.82, 2.24) is 0 Å². The zero-order chi connectivity index (χ0) is 8.10. The highest BCUT2D eigenvalue weighted by Gasteiger charge is 1.96. The highest BCUT2D eigenvalue weighted by Crippen LogP contribution is 2.15. The van der Waals surface area contributed by atoms with Crippen LogP contribution in [0.25, 0.3) is 0 Å². The van der Waals surface area contributed by atoms with Crippen LogP contribution in [-0.2, 0) is 6.42 Å². The van der Waals surface area contributed by atoms with Crippen LogP contribution in [0.3, 0.4) is 0 Å². The first kappa shape index (κ1) is 11.8. The molecule has 0 unspecified atom stereocenters. The Kier molecular flexibility index (Phi) is 6.17. The van der Waals surface area contributed by atoms with E-state index in [0.717, 1.165) is 24.4 Å². The van der Waals surface area contributed by atoms with Gasteiger partial charge in [0.25, 0.3) is 0 Å². The van der Waals surface area contributed by atoms with Gasteiger partial charge in [-0.1, -0.05) is 29.8 Å². The van der Waals surface area contributed by atoms with E-state index in [0.29, 0.717) is 0 Å². The van der Waals surface area contributed by atoms with Crippen molar-refractivity contribution in [3.8, 4) is 0 Å². The van der Waals surface area contributed by atoms with E-state index in [1.165, 1.54) is 5.56 Å². The van der Waals surface area contributed by atoms with E-state index in [2.05, 4.69) is 0 Å². The number of halogens is 2. The van der Waals surface area contributed by atoms with E-state index in [9.17, 15) is 0 Å². The number of rotatable bonds is 3. The van der Waals surface area contributed by atoms with Crippen molar-refractivity contribution >= 4 is 24.0 Å². The Morgan fingerprint density at radius 1 is 1.25 bits per heavy atom. The van der Waals surface area contributed by atoms with Crippen LogP contribution in [0.5, 0.6) is 0 Å². The van der Waals surface area contributed by atoms with Gasteiger partial charge in [-0.15, -0.1) is 12.4 Å². The molecule has 0 saturated carbocycles. The second kappa shape index (κ2) is 6.30. The van der Waals surface area contributed by atoms with Gasteiger partial charge in [-0.05, 0) is 31.0 Å². The quantitative estimate of drug-likeness (QED) is 0.808. The predicted octanol–water partition coefficient (Wildman–Crippen LogP) is 2.65. The van der Waals surface area contributed by atoms with Crippen molar-refractivity contribution in [3.05, 3.63) is 34.9 Å². The van der Waals surface area contributed by atoms with Gasteiger partial charge >= 0.3 is 0 Å². The van der Waals surface area contributed by atoms with E-state index in [-0.39, 0.29) is 12.4 Å². The molecule has 1 rings (SSSR count). The van der Waals surface area contributed by atoms with Crippen LogP contribution in [0.2, 0.25) is 5.02 Å². The molecule has 0 aromatic heterocycles. The van der Waals surface area contributed by atoms with Gasteiger partial charge in [-0.3, -0.25) is 0 Å². The second-order valence-electron chi connectivity index (χ2n) is 2.48. The molecule has 0 spiro atoms. The fourth-order valence-corrected chi connectivity index (χ4v) is 1.22. The average molecular weight is 206 g/mol. The Bertz CT molecular complexity index is 226. The van der Waals surface area contributed by atoms with Crippen molar-refractivity contribution < 1.29 is 0 Å².